The lowest BCUT2D eigenvalue weighted by molar-refractivity contribution is 0.0955. The van der Waals surface area contributed by atoms with Crippen LogP contribution in [0.1, 0.15) is 15.9 Å². The van der Waals surface area contributed by atoms with Crippen molar-refractivity contribution in [2.45, 2.75) is 0 Å². The second-order valence-corrected chi connectivity index (χ2v) is 6.50. The van der Waals surface area contributed by atoms with Gasteiger partial charge in [0.1, 0.15) is 5.75 Å². The summed E-state index contributed by atoms with van der Waals surface area (Å²) in [5.74, 6) is -0.169. The molecule has 0 fully saturated rings. The van der Waals surface area contributed by atoms with Crippen LogP contribution in [-0.2, 0) is 0 Å². The average molecular weight is 479 g/mol. The number of rotatable bonds is 3. The van der Waals surface area contributed by atoms with Gasteiger partial charge in [0.15, 0.2) is 0 Å². The largest absolute Gasteiger partial charge is 0.506 e. The summed E-state index contributed by atoms with van der Waals surface area (Å²) in [6.45, 7) is 0. The number of carbonyl (C=O) groups excluding carboxylic acids is 1. The summed E-state index contributed by atoms with van der Waals surface area (Å²) in [6.07, 6.45) is 1.49. The van der Waals surface area contributed by atoms with Crippen molar-refractivity contribution in [3.8, 4) is 5.75 Å². The lowest BCUT2D eigenvalue weighted by Gasteiger charge is -2.02. The Kier molecular flexibility index (Phi) is 5.60. The van der Waals surface area contributed by atoms with E-state index >= 15 is 0 Å². The minimum absolute atomic E-state index is 0.177. The van der Waals surface area contributed by atoms with Gasteiger partial charge in [-0.15, -0.1) is 0 Å². The molecule has 0 aliphatic heterocycles. The van der Waals surface area contributed by atoms with Crippen LogP contribution in [0.25, 0.3) is 0 Å². The Labute approximate surface area is 148 Å². The second-order valence-electron chi connectivity index (χ2n) is 4.04. The summed E-state index contributed by atoms with van der Waals surface area (Å²) in [6, 6.07) is 10.0. The minimum atomic E-state index is -0.346. The molecule has 2 aromatic carbocycles. The van der Waals surface area contributed by atoms with Gasteiger partial charge < -0.3 is 5.11 Å². The van der Waals surface area contributed by atoms with Gasteiger partial charge in [-0.3, -0.25) is 4.79 Å². The fourth-order valence-corrected chi connectivity index (χ4v) is 3.21. The van der Waals surface area contributed by atoms with Crippen molar-refractivity contribution in [3.63, 3.8) is 0 Å². The molecule has 7 heteroatoms. The van der Waals surface area contributed by atoms with Crippen LogP contribution in [0.15, 0.2) is 46.0 Å². The average Bonchev–Trinajstić information content (AvgIpc) is 2.44. The molecule has 2 rings (SSSR count). The Morgan fingerprint density at radius 3 is 2.81 bits per heavy atom. The summed E-state index contributed by atoms with van der Waals surface area (Å²) in [5, 5.41) is 14.0. The summed E-state index contributed by atoms with van der Waals surface area (Å²) in [4.78, 5) is 11.8. The van der Waals surface area contributed by atoms with Crippen LogP contribution in [0.3, 0.4) is 0 Å². The molecule has 0 spiro atoms. The third-order valence-corrected chi connectivity index (χ3v) is 4.17. The summed E-state index contributed by atoms with van der Waals surface area (Å²) < 4.78 is 1.25. The predicted octanol–water partition coefficient (Wildman–Crippen LogP) is 4.18. The zero-order valence-corrected chi connectivity index (χ0v) is 15.0. The molecule has 0 heterocycles. The van der Waals surface area contributed by atoms with Crippen molar-refractivity contribution in [1.82, 2.24) is 5.43 Å². The monoisotopic (exact) mass is 478 g/mol. The van der Waals surface area contributed by atoms with Crippen molar-refractivity contribution in [3.05, 3.63) is 60.6 Å². The van der Waals surface area contributed by atoms with Crippen molar-refractivity contribution in [2.24, 2.45) is 5.10 Å². The molecular formula is C14H9BrClIN2O2. The number of amides is 1. The van der Waals surface area contributed by atoms with Crippen molar-refractivity contribution < 1.29 is 9.90 Å². The summed E-state index contributed by atoms with van der Waals surface area (Å²) in [5.41, 5.74) is 3.60. The molecular weight excluding hydrogens is 470 g/mol. The quantitative estimate of drug-likeness (QED) is 0.394. The van der Waals surface area contributed by atoms with E-state index in [1.807, 2.05) is 22.6 Å². The molecule has 0 saturated heterocycles. The van der Waals surface area contributed by atoms with Gasteiger partial charge in [0, 0.05) is 10.6 Å². The molecule has 21 heavy (non-hydrogen) atoms. The topological polar surface area (TPSA) is 61.7 Å². The molecule has 0 saturated carbocycles. The molecule has 4 nitrogen and oxygen atoms in total. The molecule has 0 aromatic heterocycles. The molecule has 0 aliphatic carbocycles. The summed E-state index contributed by atoms with van der Waals surface area (Å²) in [7, 11) is 0. The van der Waals surface area contributed by atoms with Crippen LogP contribution < -0.4 is 5.43 Å². The van der Waals surface area contributed by atoms with E-state index in [9.17, 15) is 9.90 Å². The number of benzene rings is 2. The number of hydrogen-bond donors (Lipinski definition) is 2. The number of halogens is 3. The fourth-order valence-electron chi connectivity index (χ4n) is 1.52. The number of carbonyl (C=O) groups is 1. The van der Waals surface area contributed by atoms with Crippen molar-refractivity contribution in [2.75, 3.05) is 0 Å². The van der Waals surface area contributed by atoms with Gasteiger partial charge >= 0.3 is 0 Å². The summed E-state index contributed by atoms with van der Waals surface area (Å²) >= 11 is 11.1. The normalized spacial score (nSPS) is 10.8. The van der Waals surface area contributed by atoms with Crippen LogP contribution >= 0.6 is 50.1 Å². The van der Waals surface area contributed by atoms with Crippen LogP contribution in [-0.4, -0.2) is 17.2 Å². The Balaban J connectivity index is 2.07. The van der Waals surface area contributed by atoms with E-state index in [2.05, 4.69) is 26.5 Å². The fraction of sp³-hybridized carbons (Fsp3) is 0. The first-order chi connectivity index (χ1) is 9.97. The van der Waals surface area contributed by atoms with E-state index in [-0.39, 0.29) is 11.7 Å². The first kappa shape index (κ1) is 16.3. The van der Waals surface area contributed by atoms with E-state index in [4.69, 9.17) is 11.6 Å². The van der Waals surface area contributed by atoms with Crippen LogP contribution in [0.5, 0.6) is 5.75 Å². The molecule has 108 valence electrons. The lowest BCUT2D eigenvalue weighted by Crippen LogP contribution is -2.17. The van der Waals surface area contributed by atoms with Gasteiger partial charge in [0.05, 0.1) is 14.3 Å². The van der Waals surface area contributed by atoms with Crippen molar-refractivity contribution in [1.29, 1.82) is 0 Å². The highest BCUT2D eigenvalue weighted by atomic mass is 127. The Bertz CT molecular complexity index is 699. The van der Waals surface area contributed by atoms with E-state index in [1.165, 1.54) is 6.21 Å². The van der Waals surface area contributed by atoms with Gasteiger partial charge in [-0.05, 0) is 74.4 Å². The van der Waals surface area contributed by atoms with Crippen LogP contribution in [0.4, 0.5) is 0 Å². The molecule has 2 N–H and O–H groups in total. The number of nitrogens with one attached hydrogen (secondary N) is 1. The first-order valence-electron chi connectivity index (χ1n) is 5.74. The van der Waals surface area contributed by atoms with Crippen molar-refractivity contribution >= 4 is 62.2 Å². The Hall–Kier alpha value is -1.12. The van der Waals surface area contributed by atoms with E-state index in [0.29, 0.717) is 18.6 Å². The zero-order valence-electron chi connectivity index (χ0n) is 10.5. The van der Waals surface area contributed by atoms with Crippen LogP contribution in [0, 0.1) is 3.57 Å². The van der Waals surface area contributed by atoms with Gasteiger partial charge in [-0.2, -0.15) is 5.10 Å². The van der Waals surface area contributed by atoms with E-state index < -0.39 is 0 Å². The van der Waals surface area contributed by atoms with Gasteiger partial charge in [0.2, 0.25) is 0 Å². The third kappa shape index (κ3) is 4.42. The number of hydrazone groups is 1. The Morgan fingerprint density at radius 2 is 2.14 bits per heavy atom. The second kappa shape index (κ2) is 7.24. The highest BCUT2D eigenvalue weighted by Crippen LogP contribution is 2.29. The molecule has 2 aromatic rings. The minimum Gasteiger partial charge on any atom is -0.506 e. The standard InChI is InChI=1S/C14H9BrClIN2O2/c15-11-4-8(5-12(17)13(11)20)7-18-19-14(21)9-2-1-3-10(16)6-9/h1-7,20H,(H,19,21)/b18-7-. The third-order valence-electron chi connectivity index (χ3n) is 2.51. The smallest absolute Gasteiger partial charge is 0.271 e. The molecule has 1 amide bonds. The highest BCUT2D eigenvalue weighted by molar-refractivity contribution is 14.1. The SMILES string of the molecule is O=C(N/N=C\c1cc(Br)c(O)c(I)c1)c1cccc(Cl)c1. The lowest BCUT2D eigenvalue weighted by atomic mass is 10.2. The predicted molar refractivity (Wildman–Crippen MR) is 95.0 cm³/mol. The number of phenols is 1. The maximum atomic E-state index is 11.8. The number of aromatic hydroxyl groups is 1. The van der Waals surface area contributed by atoms with E-state index in [0.717, 1.165) is 5.56 Å². The number of hydrogen-bond acceptors (Lipinski definition) is 3. The van der Waals surface area contributed by atoms with Gasteiger partial charge in [-0.25, -0.2) is 5.43 Å². The van der Waals surface area contributed by atoms with Gasteiger partial charge in [-0.1, -0.05) is 17.7 Å². The maximum absolute atomic E-state index is 11.8. The highest BCUT2D eigenvalue weighted by Gasteiger charge is 2.06. The molecule has 0 atom stereocenters. The van der Waals surface area contributed by atoms with Gasteiger partial charge in [0.25, 0.3) is 5.91 Å². The van der Waals surface area contributed by atoms with Crippen LogP contribution in [0.2, 0.25) is 5.02 Å². The Morgan fingerprint density at radius 1 is 1.38 bits per heavy atom. The molecule has 0 radical (unpaired) electrons. The van der Waals surface area contributed by atoms with E-state index in [1.54, 1.807) is 36.4 Å². The molecule has 0 unspecified atom stereocenters. The number of phenolic OH excluding ortho intramolecular Hbond substituents is 1. The molecule has 0 bridgehead atoms. The first-order valence-corrected chi connectivity index (χ1v) is 7.99. The zero-order chi connectivity index (χ0) is 15.4. The molecule has 0 aliphatic rings. The maximum Gasteiger partial charge on any atom is 0.271 e. The number of nitrogens with zero attached hydrogens (tertiary/aromatic N) is 1.